The van der Waals surface area contributed by atoms with Gasteiger partial charge in [-0.3, -0.25) is 0 Å². The van der Waals surface area contributed by atoms with Crippen LogP contribution in [-0.2, 0) is 20.0 Å². The summed E-state index contributed by atoms with van der Waals surface area (Å²) in [7, 11) is -5.89. The Morgan fingerprint density at radius 1 is 1.09 bits per heavy atom. The van der Waals surface area contributed by atoms with E-state index in [-0.39, 0.29) is 23.3 Å². The standard InChI is InChI=1S/C14H22N2O5S2/c1-15-22(17,18)11-10-16-23(19,20)14-8-6-13(7-9-14)21-12-4-2-3-5-12/h6-9,12,15-16H,2-5,10-11H2,1H3. The van der Waals surface area contributed by atoms with Crippen molar-refractivity contribution in [2.45, 2.75) is 36.7 Å². The van der Waals surface area contributed by atoms with Crippen LogP contribution in [0.1, 0.15) is 25.7 Å². The largest absolute Gasteiger partial charge is 0.490 e. The summed E-state index contributed by atoms with van der Waals surface area (Å²) >= 11 is 0. The number of rotatable bonds is 8. The van der Waals surface area contributed by atoms with Crippen molar-refractivity contribution in [1.82, 2.24) is 9.44 Å². The summed E-state index contributed by atoms with van der Waals surface area (Å²) in [6.07, 6.45) is 4.60. The van der Waals surface area contributed by atoms with Crippen molar-refractivity contribution in [2.24, 2.45) is 0 Å². The van der Waals surface area contributed by atoms with Crippen LogP contribution in [0.3, 0.4) is 0 Å². The molecule has 7 nitrogen and oxygen atoms in total. The Labute approximate surface area is 137 Å². The normalized spacial score (nSPS) is 16.6. The molecule has 0 aliphatic heterocycles. The number of benzene rings is 1. The van der Waals surface area contributed by atoms with Gasteiger partial charge in [0.15, 0.2) is 0 Å². The first-order valence-electron chi connectivity index (χ1n) is 7.50. The summed E-state index contributed by atoms with van der Waals surface area (Å²) < 4.78 is 56.9. The van der Waals surface area contributed by atoms with Crippen LogP contribution in [0.25, 0.3) is 0 Å². The predicted octanol–water partition coefficient (Wildman–Crippen LogP) is 0.835. The van der Waals surface area contributed by atoms with Gasteiger partial charge in [0.2, 0.25) is 20.0 Å². The molecule has 0 unspecified atom stereocenters. The first kappa shape index (κ1) is 18.2. The second-order valence-electron chi connectivity index (χ2n) is 5.42. The third-order valence-electron chi connectivity index (χ3n) is 3.71. The van der Waals surface area contributed by atoms with E-state index in [4.69, 9.17) is 4.74 Å². The van der Waals surface area contributed by atoms with E-state index in [1.54, 1.807) is 12.1 Å². The van der Waals surface area contributed by atoms with Crippen LogP contribution < -0.4 is 14.2 Å². The quantitative estimate of drug-likeness (QED) is 0.713. The number of sulfonamides is 2. The van der Waals surface area contributed by atoms with Crippen molar-refractivity contribution in [3.05, 3.63) is 24.3 Å². The van der Waals surface area contributed by atoms with Crippen LogP contribution in [-0.4, -0.2) is 42.3 Å². The Hall–Kier alpha value is -1.16. The maximum absolute atomic E-state index is 12.1. The summed E-state index contributed by atoms with van der Waals surface area (Å²) in [4.78, 5) is 0.0816. The van der Waals surface area contributed by atoms with Crippen molar-refractivity contribution >= 4 is 20.0 Å². The molecular formula is C14H22N2O5S2. The third kappa shape index (κ3) is 5.45. The van der Waals surface area contributed by atoms with Crippen LogP contribution in [0, 0.1) is 0 Å². The highest BCUT2D eigenvalue weighted by Gasteiger charge is 2.18. The van der Waals surface area contributed by atoms with E-state index in [1.807, 2.05) is 0 Å². The maximum Gasteiger partial charge on any atom is 0.240 e. The van der Waals surface area contributed by atoms with Gasteiger partial charge < -0.3 is 4.74 Å². The number of hydrogen-bond acceptors (Lipinski definition) is 5. The fourth-order valence-corrected chi connectivity index (χ4v) is 4.13. The molecule has 1 aromatic carbocycles. The Morgan fingerprint density at radius 2 is 1.70 bits per heavy atom. The molecule has 1 aromatic rings. The van der Waals surface area contributed by atoms with Crippen LogP contribution in [0.5, 0.6) is 5.75 Å². The molecule has 0 heterocycles. The Morgan fingerprint density at radius 3 is 2.26 bits per heavy atom. The molecule has 130 valence electrons. The second kappa shape index (κ2) is 7.61. The van der Waals surface area contributed by atoms with Crippen LogP contribution >= 0.6 is 0 Å². The van der Waals surface area contributed by atoms with E-state index in [0.717, 1.165) is 25.7 Å². The molecule has 0 saturated heterocycles. The second-order valence-corrected chi connectivity index (χ2v) is 9.23. The highest BCUT2D eigenvalue weighted by Crippen LogP contribution is 2.24. The Balaban J connectivity index is 1.94. The summed E-state index contributed by atoms with van der Waals surface area (Å²) in [5.41, 5.74) is 0. The molecule has 0 radical (unpaired) electrons. The lowest BCUT2D eigenvalue weighted by molar-refractivity contribution is 0.210. The van der Waals surface area contributed by atoms with Gasteiger partial charge >= 0.3 is 0 Å². The lowest BCUT2D eigenvalue weighted by atomic mass is 10.3. The number of ether oxygens (including phenoxy) is 1. The minimum Gasteiger partial charge on any atom is -0.490 e. The van der Waals surface area contributed by atoms with Gasteiger partial charge in [-0.05, 0) is 57.0 Å². The molecule has 9 heteroatoms. The zero-order valence-electron chi connectivity index (χ0n) is 13.0. The van der Waals surface area contributed by atoms with Gasteiger partial charge in [0, 0.05) is 6.54 Å². The monoisotopic (exact) mass is 362 g/mol. The van der Waals surface area contributed by atoms with E-state index in [1.165, 1.54) is 19.2 Å². The first-order valence-corrected chi connectivity index (χ1v) is 10.6. The fourth-order valence-electron chi connectivity index (χ4n) is 2.39. The summed E-state index contributed by atoms with van der Waals surface area (Å²) in [5.74, 6) is 0.333. The topological polar surface area (TPSA) is 102 Å². The smallest absolute Gasteiger partial charge is 0.240 e. The van der Waals surface area contributed by atoms with Gasteiger partial charge in [0.05, 0.1) is 16.8 Å². The average Bonchev–Trinajstić information content (AvgIpc) is 3.00. The number of nitrogens with one attached hydrogen (secondary N) is 2. The van der Waals surface area contributed by atoms with E-state index in [9.17, 15) is 16.8 Å². The minimum absolute atomic E-state index is 0.0816. The molecule has 0 spiro atoms. The Kier molecular flexibility index (Phi) is 6.01. The highest BCUT2D eigenvalue weighted by molar-refractivity contribution is 7.90. The molecule has 0 amide bonds. The summed E-state index contributed by atoms with van der Waals surface area (Å²) in [6.45, 7) is -0.189. The van der Waals surface area contributed by atoms with E-state index in [2.05, 4.69) is 9.44 Å². The molecule has 2 rings (SSSR count). The fraction of sp³-hybridized carbons (Fsp3) is 0.571. The van der Waals surface area contributed by atoms with Gasteiger partial charge in [-0.15, -0.1) is 0 Å². The molecule has 1 aliphatic carbocycles. The zero-order chi connectivity index (χ0) is 16.9. The van der Waals surface area contributed by atoms with Crippen LogP contribution in [0.4, 0.5) is 0 Å². The maximum atomic E-state index is 12.1. The summed E-state index contributed by atoms with van der Waals surface area (Å²) in [6, 6.07) is 6.16. The SMILES string of the molecule is CNS(=O)(=O)CCNS(=O)(=O)c1ccc(OC2CCCC2)cc1. The lowest BCUT2D eigenvalue weighted by Crippen LogP contribution is -2.32. The predicted molar refractivity (Wildman–Crippen MR) is 87.4 cm³/mol. The molecular weight excluding hydrogens is 340 g/mol. The van der Waals surface area contributed by atoms with Crippen LogP contribution in [0.2, 0.25) is 0 Å². The average molecular weight is 362 g/mol. The van der Waals surface area contributed by atoms with Crippen molar-refractivity contribution in [1.29, 1.82) is 0 Å². The van der Waals surface area contributed by atoms with Gasteiger partial charge in [0.1, 0.15) is 5.75 Å². The minimum atomic E-state index is -3.73. The molecule has 0 aromatic heterocycles. The zero-order valence-corrected chi connectivity index (χ0v) is 14.6. The molecule has 0 atom stereocenters. The van der Waals surface area contributed by atoms with E-state index >= 15 is 0 Å². The van der Waals surface area contributed by atoms with E-state index < -0.39 is 20.0 Å². The lowest BCUT2D eigenvalue weighted by Gasteiger charge is -2.13. The Bertz CT molecular complexity index is 708. The molecule has 2 N–H and O–H groups in total. The van der Waals surface area contributed by atoms with Crippen LogP contribution in [0.15, 0.2) is 29.2 Å². The summed E-state index contributed by atoms with van der Waals surface area (Å²) in [5, 5.41) is 0. The molecule has 0 bridgehead atoms. The van der Waals surface area contributed by atoms with Crippen molar-refractivity contribution in [3.8, 4) is 5.75 Å². The first-order chi connectivity index (χ1) is 10.8. The molecule has 23 heavy (non-hydrogen) atoms. The van der Waals surface area contributed by atoms with Crippen molar-refractivity contribution in [3.63, 3.8) is 0 Å². The van der Waals surface area contributed by atoms with Gasteiger partial charge in [-0.25, -0.2) is 26.3 Å². The van der Waals surface area contributed by atoms with Gasteiger partial charge in [-0.1, -0.05) is 0 Å². The third-order valence-corrected chi connectivity index (χ3v) is 6.55. The highest BCUT2D eigenvalue weighted by atomic mass is 32.2. The van der Waals surface area contributed by atoms with E-state index in [0.29, 0.717) is 5.75 Å². The van der Waals surface area contributed by atoms with Gasteiger partial charge in [-0.2, -0.15) is 0 Å². The molecule has 1 aliphatic rings. The molecule has 1 fully saturated rings. The molecule has 1 saturated carbocycles. The van der Waals surface area contributed by atoms with Crippen molar-refractivity contribution in [2.75, 3.05) is 19.3 Å². The van der Waals surface area contributed by atoms with Gasteiger partial charge in [0.25, 0.3) is 0 Å². The van der Waals surface area contributed by atoms with Crippen molar-refractivity contribution < 1.29 is 21.6 Å². The number of hydrogen-bond donors (Lipinski definition) is 2.